The van der Waals surface area contributed by atoms with E-state index in [1.807, 2.05) is 0 Å². The van der Waals surface area contributed by atoms with E-state index >= 15 is 0 Å². The molecule has 4 aromatic rings. The summed E-state index contributed by atoms with van der Waals surface area (Å²) in [5.41, 5.74) is -2.70. The average molecular weight is 727 g/mol. The molecule has 1 aliphatic heterocycles. The number of hydrogen-bond donors (Lipinski definition) is 2. The summed E-state index contributed by atoms with van der Waals surface area (Å²) in [5, 5.41) is 19.4. The number of nitrogens with zero attached hydrogens (tertiary/aromatic N) is 2. The number of anilines is 2. The van der Waals surface area contributed by atoms with Gasteiger partial charge >= 0.3 is 35.1 Å². The van der Waals surface area contributed by atoms with Crippen LogP contribution >= 0.6 is 0 Å². The van der Waals surface area contributed by atoms with Gasteiger partial charge in [-0.15, -0.1) is 0 Å². The number of carbonyl (C=O) groups is 4. The number of methoxy groups -OCH3 is 2. The lowest BCUT2D eigenvalue weighted by atomic mass is 10.1. The SMILES string of the molecule is COC(=O)CN1CCOCCOCCN(CC(=O)OC)c2cc3oc(=O)c(C(=O)O)cc3cc2OCCOc2cc3cc(C(=O)O)c(=O)oc3cc21. The molecule has 2 aromatic heterocycles. The third-order valence-electron chi connectivity index (χ3n) is 7.85. The van der Waals surface area contributed by atoms with Crippen LogP contribution < -0.4 is 30.5 Å². The Balaban J connectivity index is 1.57. The van der Waals surface area contributed by atoms with Crippen LogP contribution in [0.25, 0.3) is 21.9 Å². The molecule has 2 N–H and O–H groups in total. The Hall–Kier alpha value is -6.14. The highest BCUT2D eigenvalue weighted by Gasteiger charge is 2.23. The Bertz CT molecular complexity index is 1960. The molecule has 0 amide bonds. The number of aromatic carboxylic acids is 2. The van der Waals surface area contributed by atoms with Crippen molar-refractivity contribution in [1.29, 1.82) is 0 Å². The van der Waals surface area contributed by atoms with E-state index in [1.54, 1.807) is 9.80 Å². The summed E-state index contributed by atoms with van der Waals surface area (Å²) in [6, 6.07) is 8.05. The average Bonchev–Trinajstić information content (AvgIpc) is 3.11. The third kappa shape index (κ3) is 8.77. The van der Waals surface area contributed by atoms with Gasteiger partial charge in [0.15, 0.2) is 0 Å². The summed E-state index contributed by atoms with van der Waals surface area (Å²) < 4.78 is 44.1. The first-order valence-electron chi connectivity index (χ1n) is 15.7. The number of esters is 2. The maximum Gasteiger partial charge on any atom is 0.351 e. The van der Waals surface area contributed by atoms with Crippen molar-refractivity contribution in [2.24, 2.45) is 0 Å². The Morgan fingerprint density at radius 1 is 0.615 bits per heavy atom. The fraction of sp³-hybridized carbons (Fsp3) is 0.353. The standard InChI is InChI=1S/C34H34N2O16/c1-45-29(37)17-35-3-5-47-7-8-48-6-4-36(18-30(38)46-2)24-16-26-20(12-22(32(41)42)34(44)52-26)14-28(24)50-10-9-49-27-13-19-11-21(31(39)40)33(43)51-25(19)15-23(27)35/h11-16H,3-10,17-18H2,1-2H3,(H,39,40)(H,41,42). The molecule has 0 aliphatic carbocycles. The lowest BCUT2D eigenvalue weighted by molar-refractivity contribution is -0.139. The molecule has 0 bridgehead atoms. The number of benzene rings is 2. The number of carbonyl (C=O) groups excluding carboxylic acids is 2. The first-order valence-corrected chi connectivity index (χ1v) is 15.7. The van der Waals surface area contributed by atoms with Crippen molar-refractivity contribution in [2.45, 2.75) is 0 Å². The van der Waals surface area contributed by atoms with E-state index in [4.69, 9.17) is 37.3 Å². The lowest BCUT2D eigenvalue weighted by Gasteiger charge is -2.27. The van der Waals surface area contributed by atoms with Gasteiger partial charge in [-0.25, -0.2) is 19.2 Å². The van der Waals surface area contributed by atoms with Crippen molar-refractivity contribution >= 4 is 57.2 Å². The smallest absolute Gasteiger partial charge is 0.351 e. The van der Waals surface area contributed by atoms with Crippen LogP contribution in [0.5, 0.6) is 11.5 Å². The largest absolute Gasteiger partial charge is 0.488 e. The molecule has 0 unspecified atom stereocenters. The monoisotopic (exact) mass is 726 g/mol. The molecular weight excluding hydrogens is 692 g/mol. The quantitative estimate of drug-likeness (QED) is 0.213. The maximum absolute atomic E-state index is 12.4. The van der Waals surface area contributed by atoms with Crippen LogP contribution in [-0.4, -0.2) is 114 Å². The van der Waals surface area contributed by atoms with Gasteiger partial charge in [0, 0.05) is 36.0 Å². The van der Waals surface area contributed by atoms with E-state index in [1.165, 1.54) is 38.5 Å². The molecule has 52 heavy (non-hydrogen) atoms. The van der Waals surface area contributed by atoms with Crippen molar-refractivity contribution < 1.29 is 66.6 Å². The van der Waals surface area contributed by atoms with Crippen LogP contribution in [-0.2, 0) is 28.5 Å². The molecule has 0 fully saturated rings. The van der Waals surface area contributed by atoms with E-state index in [0.29, 0.717) is 0 Å². The van der Waals surface area contributed by atoms with Crippen molar-refractivity contribution in [3.8, 4) is 11.5 Å². The van der Waals surface area contributed by atoms with Crippen LogP contribution in [0, 0.1) is 0 Å². The van der Waals surface area contributed by atoms with E-state index in [9.17, 15) is 39.0 Å². The molecule has 0 saturated heterocycles. The van der Waals surface area contributed by atoms with Gasteiger partial charge in [-0.2, -0.15) is 0 Å². The zero-order valence-corrected chi connectivity index (χ0v) is 28.0. The van der Waals surface area contributed by atoms with Gasteiger partial charge in [-0.05, 0) is 24.3 Å². The van der Waals surface area contributed by atoms with Crippen molar-refractivity contribution in [2.75, 3.05) is 89.8 Å². The first kappa shape index (κ1) is 37.1. The molecule has 1 aliphatic rings. The van der Waals surface area contributed by atoms with E-state index in [2.05, 4.69) is 0 Å². The zero-order valence-electron chi connectivity index (χ0n) is 28.0. The second kappa shape index (κ2) is 16.7. The van der Waals surface area contributed by atoms with Gasteiger partial charge in [0.05, 0.1) is 52.0 Å². The number of ether oxygens (including phenoxy) is 6. The highest BCUT2D eigenvalue weighted by atomic mass is 16.5. The fourth-order valence-electron chi connectivity index (χ4n) is 5.28. The molecule has 18 heteroatoms. The number of rotatable bonds is 6. The van der Waals surface area contributed by atoms with Crippen molar-refractivity contribution in [1.82, 2.24) is 0 Å². The summed E-state index contributed by atoms with van der Waals surface area (Å²) in [6.45, 7) is 0.0283. The number of hydrogen-bond acceptors (Lipinski definition) is 16. The minimum absolute atomic E-state index is 0.0267. The van der Waals surface area contributed by atoms with Gasteiger partial charge in [0.2, 0.25) is 0 Å². The zero-order chi connectivity index (χ0) is 37.4. The predicted octanol–water partition coefficient (Wildman–Crippen LogP) is 1.76. The van der Waals surface area contributed by atoms with Crippen LogP contribution in [0.15, 0.2) is 54.8 Å². The number of fused-ring (bicyclic) bond motifs is 4. The Morgan fingerprint density at radius 3 is 1.38 bits per heavy atom. The van der Waals surface area contributed by atoms with Crippen LogP contribution in [0.2, 0.25) is 0 Å². The predicted molar refractivity (Wildman–Crippen MR) is 180 cm³/mol. The van der Waals surface area contributed by atoms with Gasteiger partial charge in [0.1, 0.15) is 60.1 Å². The first-order chi connectivity index (χ1) is 25.0. The van der Waals surface area contributed by atoms with Crippen molar-refractivity contribution in [3.63, 3.8) is 0 Å². The Morgan fingerprint density at radius 2 is 1.02 bits per heavy atom. The summed E-state index contributed by atoms with van der Waals surface area (Å²) in [4.78, 5) is 76.1. The van der Waals surface area contributed by atoms with Gasteiger partial charge in [-0.1, -0.05) is 0 Å². The van der Waals surface area contributed by atoms with Crippen LogP contribution in [0.4, 0.5) is 11.4 Å². The molecule has 2 aromatic carbocycles. The van der Waals surface area contributed by atoms with E-state index in [0.717, 1.165) is 12.1 Å². The topological polar surface area (TPSA) is 231 Å². The molecule has 0 saturated carbocycles. The summed E-state index contributed by atoms with van der Waals surface area (Å²) in [7, 11) is 2.45. The van der Waals surface area contributed by atoms with Crippen molar-refractivity contribution in [3.05, 3.63) is 68.4 Å². The fourth-order valence-corrected chi connectivity index (χ4v) is 5.28. The van der Waals surface area contributed by atoms with Gasteiger partial charge in [-0.3, -0.25) is 9.59 Å². The molecule has 0 radical (unpaired) electrons. The minimum Gasteiger partial charge on any atom is -0.488 e. The highest BCUT2D eigenvalue weighted by molar-refractivity contribution is 5.94. The lowest BCUT2D eigenvalue weighted by Crippen LogP contribution is -2.35. The molecule has 276 valence electrons. The molecular formula is C34H34N2O16. The molecule has 3 heterocycles. The van der Waals surface area contributed by atoms with E-state index < -0.39 is 46.3 Å². The van der Waals surface area contributed by atoms with Gasteiger partial charge < -0.3 is 57.3 Å². The number of carboxylic acid groups (broad SMARTS) is 2. The second-order valence-corrected chi connectivity index (χ2v) is 11.1. The summed E-state index contributed by atoms with van der Waals surface area (Å²) in [6.07, 6.45) is 0. The van der Waals surface area contributed by atoms with E-state index in [-0.39, 0.29) is 111 Å². The third-order valence-corrected chi connectivity index (χ3v) is 7.85. The summed E-state index contributed by atoms with van der Waals surface area (Å²) >= 11 is 0. The highest BCUT2D eigenvalue weighted by Crippen LogP contribution is 2.36. The normalized spacial score (nSPS) is 14.6. The minimum atomic E-state index is -1.49. The Labute approximate surface area is 293 Å². The Kier molecular flexibility index (Phi) is 11.9. The van der Waals surface area contributed by atoms with Gasteiger partial charge in [0.25, 0.3) is 0 Å². The number of carboxylic acids is 2. The molecule has 0 atom stereocenters. The molecule has 0 spiro atoms. The second-order valence-electron chi connectivity index (χ2n) is 11.1. The maximum atomic E-state index is 12.4. The summed E-state index contributed by atoms with van der Waals surface area (Å²) in [5.74, 6) is -3.84. The van der Waals surface area contributed by atoms with Crippen LogP contribution in [0.1, 0.15) is 20.7 Å². The van der Waals surface area contributed by atoms with Crippen LogP contribution in [0.3, 0.4) is 0 Å². The molecule has 18 nitrogen and oxygen atoms in total. The molecule has 5 rings (SSSR count).